The van der Waals surface area contributed by atoms with E-state index in [0.29, 0.717) is 17.0 Å². The number of hydrogen-bond donors (Lipinski definition) is 1. The summed E-state index contributed by atoms with van der Waals surface area (Å²) in [5, 5.41) is 2.96. The van der Waals surface area contributed by atoms with E-state index in [-0.39, 0.29) is 11.8 Å². The van der Waals surface area contributed by atoms with Crippen molar-refractivity contribution in [1.82, 2.24) is 4.90 Å². The number of benzene rings is 2. The molecule has 26 heavy (non-hydrogen) atoms. The van der Waals surface area contributed by atoms with Crippen LogP contribution in [0.2, 0.25) is 0 Å². The molecule has 1 saturated heterocycles. The molecule has 1 aliphatic rings. The van der Waals surface area contributed by atoms with Gasteiger partial charge in [-0.2, -0.15) is 0 Å². The lowest BCUT2D eigenvalue weighted by molar-refractivity contribution is -0.113. The van der Waals surface area contributed by atoms with Gasteiger partial charge in [-0.1, -0.05) is 24.3 Å². The molecule has 4 nitrogen and oxygen atoms in total. The van der Waals surface area contributed by atoms with Gasteiger partial charge in [0, 0.05) is 29.2 Å². The lowest BCUT2D eigenvalue weighted by Gasteiger charge is -2.18. The highest BCUT2D eigenvalue weighted by atomic mass is 32.2. The number of likely N-dealkylation sites (tertiary alicyclic amines) is 1. The van der Waals surface area contributed by atoms with Crippen LogP contribution in [0.3, 0.4) is 0 Å². The molecule has 3 rings (SSSR count). The zero-order valence-corrected chi connectivity index (χ0v) is 16.1. The second-order valence-corrected chi connectivity index (χ2v) is 7.60. The van der Waals surface area contributed by atoms with E-state index in [2.05, 4.69) is 5.32 Å². The van der Waals surface area contributed by atoms with E-state index in [1.807, 2.05) is 61.2 Å². The lowest BCUT2D eigenvalue weighted by Crippen LogP contribution is -2.28. The van der Waals surface area contributed by atoms with Gasteiger partial charge in [0.05, 0.1) is 5.75 Å². The normalized spacial score (nSPS) is 13.7. The van der Waals surface area contributed by atoms with Crippen molar-refractivity contribution < 1.29 is 9.59 Å². The fraction of sp³-hybridized carbons (Fsp3) is 0.333. The highest BCUT2D eigenvalue weighted by molar-refractivity contribution is 8.00. The molecule has 2 aromatic carbocycles. The van der Waals surface area contributed by atoms with Crippen molar-refractivity contribution >= 4 is 29.3 Å². The first-order chi connectivity index (χ1) is 12.6. The first-order valence-corrected chi connectivity index (χ1v) is 9.92. The summed E-state index contributed by atoms with van der Waals surface area (Å²) < 4.78 is 0. The van der Waals surface area contributed by atoms with Crippen molar-refractivity contribution in [2.75, 3.05) is 24.2 Å². The van der Waals surface area contributed by atoms with Gasteiger partial charge < -0.3 is 10.2 Å². The Morgan fingerprint density at radius 1 is 1.04 bits per heavy atom. The summed E-state index contributed by atoms with van der Waals surface area (Å²) in [5.74, 6) is 0.340. The van der Waals surface area contributed by atoms with Crippen LogP contribution in [0.15, 0.2) is 47.4 Å². The Balaban J connectivity index is 1.66. The van der Waals surface area contributed by atoms with Crippen LogP contribution in [0.1, 0.15) is 34.3 Å². The zero-order valence-electron chi connectivity index (χ0n) is 15.2. The van der Waals surface area contributed by atoms with Crippen molar-refractivity contribution in [1.29, 1.82) is 0 Å². The number of nitrogens with one attached hydrogen (secondary N) is 1. The quantitative estimate of drug-likeness (QED) is 0.802. The summed E-state index contributed by atoms with van der Waals surface area (Å²) >= 11 is 1.52. The zero-order chi connectivity index (χ0) is 18.5. The maximum atomic E-state index is 12.7. The molecule has 0 aliphatic carbocycles. The van der Waals surface area contributed by atoms with E-state index >= 15 is 0 Å². The maximum Gasteiger partial charge on any atom is 0.254 e. The summed E-state index contributed by atoms with van der Waals surface area (Å²) in [4.78, 5) is 28.0. The molecule has 0 bridgehead atoms. The minimum Gasteiger partial charge on any atom is -0.339 e. The third kappa shape index (κ3) is 4.28. The Morgan fingerprint density at radius 2 is 1.77 bits per heavy atom. The highest BCUT2D eigenvalue weighted by Crippen LogP contribution is 2.24. The second-order valence-electron chi connectivity index (χ2n) is 6.58. The van der Waals surface area contributed by atoms with E-state index < -0.39 is 0 Å². The van der Waals surface area contributed by atoms with Gasteiger partial charge in [-0.15, -0.1) is 11.8 Å². The Bertz CT molecular complexity index is 813. The van der Waals surface area contributed by atoms with Crippen LogP contribution < -0.4 is 5.32 Å². The van der Waals surface area contributed by atoms with Crippen molar-refractivity contribution in [3.63, 3.8) is 0 Å². The largest absolute Gasteiger partial charge is 0.339 e. The molecule has 1 aliphatic heterocycles. The van der Waals surface area contributed by atoms with Gasteiger partial charge in [0.15, 0.2) is 0 Å². The molecule has 0 unspecified atom stereocenters. The summed E-state index contributed by atoms with van der Waals surface area (Å²) in [6, 6.07) is 13.6. The molecule has 0 aromatic heterocycles. The topological polar surface area (TPSA) is 49.4 Å². The molecular formula is C21H24N2O2S. The molecule has 0 spiro atoms. The van der Waals surface area contributed by atoms with Crippen LogP contribution in [-0.4, -0.2) is 35.6 Å². The standard InChI is InChI=1S/C21H24N2O2S/c1-15-8-3-4-11-19(15)26-14-20(24)22-18-10-7-9-17(16(18)2)21(25)23-12-5-6-13-23/h3-4,7-11H,5-6,12-14H2,1-2H3,(H,22,24). The Labute approximate surface area is 159 Å². The fourth-order valence-electron chi connectivity index (χ4n) is 3.14. The molecule has 1 N–H and O–H groups in total. The van der Waals surface area contributed by atoms with E-state index in [1.54, 1.807) is 0 Å². The fourth-order valence-corrected chi connectivity index (χ4v) is 3.97. The summed E-state index contributed by atoms with van der Waals surface area (Å²) in [6.45, 7) is 5.58. The number of thioether (sulfide) groups is 1. The smallest absolute Gasteiger partial charge is 0.254 e. The van der Waals surface area contributed by atoms with Gasteiger partial charge >= 0.3 is 0 Å². The first kappa shape index (κ1) is 18.5. The number of nitrogens with zero attached hydrogens (tertiary/aromatic N) is 1. The maximum absolute atomic E-state index is 12.7. The summed E-state index contributed by atoms with van der Waals surface area (Å²) in [7, 11) is 0. The van der Waals surface area contributed by atoms with E-state index in [0.717, 1.165) is 36.4 Å². The molecule has 2 amide bonds. The predicted molar refractivity (Wildman–Crippen MR) is 107 cm³/mol. The average Bonchev–Trinajstić information content (AvgIpc) is 3.17. The molecule has 136 valence electrons. The van der Waals surface area contributed by atoms with Crippen LogP contribution in [0.25, 0.3) is 0 Å². The minimum atomic E-state index is -0.0628. The monoisotopic (exact) mass is 368 g/mol. The van der Waals surface area contributed by atoms with Crippen LogP contribution in [0.4, 0.5) is 5.69 Å². The number of amides is 2. The lowest BCUT2D eigenvalue weighted by atomic mass is 10.1. The molecule has 0 atom stereocenters. The second kappa shape index (κ2) is 8.41. The summed E-state index contributed by atoms with van der Waals surface area (Å²) in [6.07, 6.45) is 2.13. The summed E-state index contributed by atoms with van der Waals surface area (Å²) in [5.41, 5.74) is 3.39. The van der Waals surface area contributed by atoms with Gasteiger partial charge in [0.2, 0.25) is 5.91 Å². The van der Waals surface area contributed by atoms with Gasteiger partial charge in [-0.05, 0) is 56.0 Å². The van der Waals surface area contributed by atoms with Crippen LogP contribution in [-0.2, 0) is 4.79 Å². The number of rotatable bonds is 5. The van der Waals surface area contributed by atoms with Gasteiger partial charge in [0.1, 0.15) is 0 Å². The molecule has 0 radical (unpaired) electrons. The van der Waals surface area contributed by atoms with Crippen LogP contribution in [0, 0.1) is 13.8 Å². The van der Waals surface area contributed by atoms with Crippen LogP contribution in [0.5, 0.6) is 0 Å². The molecular weight excluding hydrogens is 344 g/mol. The molecule has 5 heteroatoms. The van der Waals surface area contributed by atoms with E-state index in [1.165, 1.54) is 17.3 Å². The van der Waals surface area contributed by atoms with Crippen LogP contribution >= 0.6 is 11.8 Å². The van der Waals surface area contributed by atoms with Gasteiger partial charge in [-0.25, -0.2) is 0 Å². The van der Waals surface area contributed by atoms with E-state index in [4.69, 9.17) is 0 Å². The highest BCUT2D eigenvalue weighted by Gasteiger charge is 2.22. The van der Waals surface area contributed by atoms with Crippen molar-refractivity contribution in [2.45, 2.75) is 31.6 Å². The van der Waals surface area contributed by atoms with Crippen molar-refractivity contribution in [2.24, 2.45) is 0 Å². The number of hydrogen-bond acceptors (Lipinski definition) is 3. The third-order valence-corrected chi connectivity index (χ3v) is 5.86. The molecule has 1 fully saturated rings. The van der Waals surface area contributed by atoms with Gasteiger partial charge in [0.25, 0.3) is 5.91 Å². The average molecular weight is 369 g/mol. The van der Waals surface area contributed by atoms with Crippen molar-refractivity contribution in [3.05, 3.63) is 59.2 Å². The van der Waals surface area contributed by atoms with Gasteiger partial charge in [-0.3, -0.25) is 9.59 Å². The first-order valence-electron chi connectivity index (χ1n) is 8.93. The molecule has 0 saturated carbocycles. The molecule has 1 heterocycles. The number of carbonyl (C=O) groups excluding carboxylic acids is 2. The predicted octanol–water partition coefficient (Wildman–Crippen LogP) is 4.27. The number of anilines is 1. The minimum absolute atomic E-state index is 0.0605. The Hall–Kier alpha value is -2.27. The van der Waals surface area contributed by atoms with Crippen molar-refractivity contribution in [3.8, 4) is 0 Å². The molecule has 2 aromatic rings. The number of aryl methyl sites for hydroxylation is 1. The SMILES string of the molecule is Cc1ccccc1SCC(=O)Nc1cccc(C(=O)N2CCCC2)c1C. The Kier molecular flexibility index (Phi) is 5.99. The number of carbonyl (C=O) groups is 2. The third-order valence-electron chi connectivity index (χ3n) is 4.68. The van der Waals surface area contributed by atoms with E-state index in [9.17, 15) is 9.59 Å². The Morgan fingerprint density at radius 3 is 2.50 bits per heavy atom.